The number of hydrogen-bond acceptors (Lipinski definition) is 4. The lowest BCUT2D eigenvalue weighted by atomic mass is 9.90. The van der Waals surface area contributed by atoms with Gasteiger partial charge in [-0.3, -0.25) is 0 Å². The summed E-state index contributed by atoms with van der Waals surface area (Å²) < 4.78 is 0. The van der Waals surface area contributed by atoms with Crippen molar-refractivity contribution in [3.8, 4) is 0 Å². The monoisotopic (exact) mass is 292 g/mol. The molecule has 0 bridgehead atoms. The summed E-state index contributed by atoms with van der Waals surface area (Å²) in [6, 6.07) is 3.21. The third kappa shape index (κ3) is 3.94. The molecule has 2 rings (SSSR count). The molecule has 0 radical (unpaired) electrons. The van der Waals surface area contributed by atoms with Gasteiger partial charge in [-0.2, -0.15) is 0 Å². The van der Waals surface area contributed by atoms with Crippen molar-refractivity contribution in [3.05, 3.63) is 23.4 Å². The van der Waals surface area contributed by atoms with Gasteiger partial charge in [0.15, 0.2) is 0 Å². The summed E-state index contributed by atoms with van der Waals surface area (Å²) in [6.07, 6.45) is 2.99. The van der Waals surface area contributed by atoms with Gasteiger partial charge in [-0.15, -0.1) is 0 Å². The summed E-state index contributed by atoms with van der Waals surface area (Å²) in [5.41, 5.74) is 0.975. The van der Waals surface area contributed by atoms with E-state index in [1.807, 2.05) is 20.8 Å². The van der Waals surface area contributed by atoms with Gasteiger partial charge in [0.2, 0.25) is 0 Å². The van der Waals surface area contributed by atoms with Crippen molar-refractivity contribution in [3.63, 3.8) is 0 Å². The molecule has 0 aliphatic heterocycles. The number of hydrogen-bond donors (Lipinski definition) is 3. The molecule has 1 aromatic heterocycles. The molecular formula is C16H24N2O3. The zero-order valence-corrected chi connectivity index (χ0v) is 12.9. The Labute approximate surface area is 125 Å². The molecule has 1 fully saturated rings. The Morgan fingerprint density at radius 1 is 1.38 bits per heavy atom. The van der Waals surface area contributed by atoms with Gasteiger partial charge in [-0.25, -0.2) is 9.78 Å². The highest BCUT2D eigenvalue weighted by atomic mass is 16.4. The number of carboxylic acid groups (broad SMARTS) is 1. The maximum Gasteiger partial charge on any atom is 0.335 e. The topological polar surface area (TPSA) is 82.5 Å². The Balaban J connectivity index is 2.18. The number of aromatic carboxylic acids is 1. The summed E-state index contributed by atoms with van der Waals surface area (Å²) in [6.45, 7) is 6.96. The summed E-state index contributed by atoms with van der Waals surface area (Å²) in [5, 5.41) is 21.6. The second-order valence-electron chi connectivity index (χ2n) is 7.01. The quantitative estimate of drug-likeness (QED) is 0.751. The normalized spacial score (nSPS) is 16.6. The minimum atomic E-state index is -0.942. The largest absolute Gasteiger partial charge is 0.478 e. The highest BCUT2D eigenvalue weighted by molar-refractivity contribution is 5.88. The minimum Gasteiger partial charge on any atom is -0.478 e. The zero-order chi connectivity index (χ0) is 15.7. The number of nitrogens with one attached hydrogen (secondary N) is 1. The number of carboxylic acids is 1. The highest BCUT2D eigenvalue weighted by Crippen LogP contribution is 2.48. The van der Waals surface area contributed by atoms with Crippen LogP contribution in [0.2, 0.25) is 0 Å². The van der Waals surface area contributed by atoms with Crippen molar-refractivity contribution >= 4 is 11.8 Å². The lowest BCUT2D eigenvalue weighted by molar-refractivity contribution is 0.0696. The average Bonchev–Trinajstić information content (AvgIpc) is 3.16. The van der Waals surface area contributed by atoms with Crippen molar-refractivity contribution in [1.29, 1.82) is 0 Å². The second-order valence-corrected chi connectivity index (χ2v) is 7.01. The highest BCUT2D eigenvalue weighted by Gasteiger charge is 2.41. The van der Waals surface area contributed by atoms with Crippen LogP contribution < -0.4 is 5.32 Å². The number of pyridine rings is 1. The smallest absolute Gasteiger partial charge is 0.335 e. The van der Waals surface area contributed by atoms with Gasteiger partial charge in [-0.1, -0.05) is 20.8 Å². The summed E-state index contributed by atoms with van der Waals surface area (Å²) >= 11 is 0. The third-order valence-corrected chi connectivity index (χ3v) is 4.08. The Morgan fingerprint density at radius 3 is 2.52 bits per heavy atom. The van der Waals surface area contributed by atoms with Gasteiger partial charge in [-0.05, 0) is 36.8 Å². The van der Waals surface area contributed by atoms with E-state index in [0.29, 0.717) is 5.82 Å². The molecule has 0 aromatic carbocycles. The second kappa shape index (κ2) is 5.64. The summed E-state index contributed by atoms with van der Waals surface area (Å²) in [5.74, 6) is -0.341. The third-order valence-electron chi connectivity index (χ3n) is 4.08. The SMILES string of the molecule is CC(C)(C)c1cc(C(=O)O)cc(NCC2(CCO)CC2)n1. The van der Waals surface area contributed by atoms with E-state index in [2.05, 4.69) is 10.3 Å². The molecule has 0 atom stereocenters. The Hall–Kier alpha value is -1.62. The zero-order valence-electron chi connectivity index (χ0n) is 12.9. The van der Waals surface area contributed by atoms with Gasteiger partial charge < -0.3 is 15.5 Å². The number of aliphatic hydroxyl groups excluding tert-OH is 1. The molecule has 1 aliphatic rings. The van der Waals surface area contributed by atoms with E-state index in [1.165, 1.54) is 0 Å². The standard InChI is InChI=1S/C16H24N2O3/c1-15(2,3)12-8-11(14(20)21)9-13(18-12)17-10-16(4-5-16)6-7-19/h8-9,19H,4-7,10H2,1-3H3,(H,17,18)(H,20,21). The van der Waals surface area contributed by atoms with E-state index in [9.17, 15) is 9.90 Å². The van der Waals surface area contributed by atoms with E-state index in [4.69, 9.17) is 5.11 Å². The molecule has 1 heterocycles. The maximum atomic E-state index is 11.3. The van der Waals surface area contributed by atoms with Crippen LogP contribution in [0.5, 0.6) is 0 Å². The molecule has 0 unspecified atom stereocenters. The molecule has 1 saturated carbocycles. The van der Waals surface area contributed by atoms with Crippen LogP contribution in [0.3, 0.4) is 0 Å². The molecule has 0 amide bonds. The molecule has 116 valence electrons. The van der Waals surface area contributed by atoms with E-state index < -0.39 is 5.97 Å². The minimum absolute atomic E-state index is 0.164. The number of carbonyl (C=O) groups is 1. The first-order valence-electron chi connectivity index (χ1n) is 7.36. The number of anilines is 1. The van der Waals surface area contributed by atoms with Gasteiger partial charge >= 0.3 is 5.97 Å². The number of nitrogens with zero attached hydrogens (tertiary/aromatic N) is 1. The first kappa shape index (κ1) is 15.8. The Kier molecular flexibility index (Phi) is 4.23. The van der Waals surface area contributed by atoms with Crippen LogP contribution in [-0.2, 0) is 5.41 Å². The lowest BCUT2D eigenvalue weighted by Gasteiger charge is -2.21. The average molecular weight is 292 g/mol. The summed E-state index contributed by atoms with van der Waals surface area (Å²) in [4.78, 5) is 15.8. The molecule has 3 N–H and O–H groups in total. The predicted octanol–water partition coefficient (Wildman–Crippen LogP) is 2.65. The van der Waals surface area contributed by atoms with Gasteiger partial charge in [0, 0.05) is 24.3 Å². The van der Waals surface area contributed by atoms with Crippen molar-refractivity contribution in [2.24, 2.45) is 5.41 Å². The van der Waals surface area contributed by atoms with Crippen molar-refractivity contribution in [2.45, 2.75) is 45.4 Å². The molecule has 5 nitrogen and oxygen atoms in total. The number of rotatable bonds is 6. The molecule has 0 saturated heterocycles. The van der Waals surface area contributed by atoms with E-state index in [0.717, 1.165) is 31.5 Å². The van der Waals surface area contributed by atoms with Crippen LogP contribution >= 0.6 is 0 Å². The van der Waals surface area contributed by atoms with Crippen LogP contribution in [0.15, 0.2) is 12.1 Å². The molecule has 1 aromatic rings. The Bertz CT molecular complexity index is 531. The molecule has 5 heteroatoms. The van der Waals surface area contributed by atoms with E-state index in [1.54, 1.807) is 12.1 Å². The lowest BCUT2D eigenvalue weighted by Crippen LogP contribution is -2.20. The first-order chi connectivity index (χ1) is 9.76. The Morgan fingerprint density at radius 2 is 2.05 bits per heavy atom. The fraction of sp³-hybridized carbons (Fsp3) is 0.625. The van der Waals surface area contributed by atoms with Crippen LogP contribution in [0.4, 0.5) is 5.82 Å². The van der Waals surface area contributed by atoms with Crippen molar-refractivity contribution in [1.82, 2.24) is 4.98 Å². The van der Waals surface area contributed by atoms with E-state index >= 15 is 0 Å². The molecule has 21 heavy (non-hydrogen) atoms. The maximum absolute atomic E-state index is 11.3. The van der Waals surface area contributed by atoms with Crippen molar-refractivity contribution < 1.29 is 15.0 Å². The fourth-order valence-electron chi connectivity index (χ4n) is 2.34. The van der Waals surface area contributed by atoms with Gasteiger partial charge in [0.1, 0.15) is 5.82 Å². The molecular weight excluding hydrogens is 268 g/mol. The van der Waals surface area contributed by atoms with Gasteiger partial charge in [0.05, 0.1) is 5.56 Å². The molecule has 0 spiro atoms. The van der Waals surface area contributed by atoms with E-state index in [-0.39, 0.29) is 23.0 Å². The van der Waals surface area contributed by atoms with Crippen molar-refractivity contribution in [2.75, 3.05) is 18.5 Å². The van der Waals surface area contributed by atoms with Crippen LogP contribution in [0, 0.1) is 5.41 Å². The van der Waals surface area contributed by atoms with Crippen LogP contribution in [0.25, 0.3) is 0 Å². The predicted molar refractivity (Wildman–Crippen MR) is 81.8 cm³/mol. The number of aliphatic hydroxyl groups is 1. The van der Waals surface area contributed by atoms with Crippen LogP contribution in [0.1, 0.15) is 56.1 Å². The summed E-state index contributed by atoms with van der Waals surface area (Å²) in [7, 11) is 0. The first-order valence-corrected chi connectivity index (χ1v) is 7.36. The number of aromatic nitrogens is 1. The fourth-order valence-corrected chi connectivity index (χ4v) is 2.34. The van der Waals surface area contributed by atoms with Crippen LogP contribution in [-0.4, -0.2) is 34.3 Å². The van der Waals surface area contributed by atoms with Gasteiger partial charge in [0.25, 0.3) is 0 Å². The molecule has 1 aliphatic carbocycles.